The van der Waals surface area contributed by atoms with Crippen LogP contribution in [0.1, 0.15) is 29.8 Å². The highest BCUT2D eigenvalue weighted by Crippen LogP contribution is 2.21. The van der Waals surface area contributed by atoms with E-state index in [0.717, 1.165) is 5.56 Å². The van der Waals surface area contributed by atoms with E-state index in [2.05, 4.69) is 5.32 Å². The molecule has 0 aliphatic rings. The molecule has 0 fully saturated rings. The van der Waals surface area contributed by atoms with Gasteiger partial charge in [0.15, 0.2) is 0 Å². The molecule has 0 aromatic heterocycles. The van der Waals surface area contributed by atoms with Crippen molar-refractivity contribution < 1.29 is 13.2 Å². The van der Waals surface area contributed by atoms with Crippen molar-refractivity contribution in [3.8, 4) is 0 Å². The molecule has 0 unspecified atom stereocenters. The molecule has 0 aliphatic carbocycles. The third-order valence-electron chi connectivity index (χ3n) is 4.15. The van der Waals surface area contributed by atoms with Gasteiger partial charge in [0.25, 0.3) is 5.91 Å². The number of halogens is 2. The molecule has 2 aromatic carbocycles. The van der Waals surface area contributed by atoms with Gasteiger partial charge in [0, 0.05) is 35.2 Å². The van der Waals surface area contributed by atoms with Gasteiger partial charge in [-0.2, -0.15) is 4.31 Å². The zero-order valence-corrected chi connectivity index (χ0v) is 17.5. The summed E-state index contributed by atoms with van der Waals surface area (Å²) in [6.45, 7) is 4.77. The minimum Gasteiger partial charge on any atom is -0.352 e. The van der Waals surface area contributed by atoms with Gasteiger partial charge in [-0.15, -0.1) is 0 Å². The fourth-order valence-corrected chi connectivity index (χ4v) is 4.59. The molecule has 0 spiro atoms. The quantitative estimate of drug-likeness (QED) is 0.690. The van der Waals surface area contributed by atoms with Crippen molar-refractivity contribution in [1.29, 1.82) is 0 Å². The van der Waals surface area contributed by atoms with Crippen LogP contribution in [0.5, 0.6) is 0 Å². The Morgan fingerprint density at radius 1 is 1.04 bits per heavy atom. The van der Waals surface area contributed by atoms with Crippen molar-refractivity contribution in [3.63, 3.8) is 0 Å². The van der Waals surface area contributed by atoms with Gasteiger partial charge < -0.3 is 5.32 Å². The maximum absolute atomic E-state index is 12.5. The fourth-order valence-electron chi connectivity index (χ4n) is 2.63. The molecule has 2 aromatic rings. The van der Waals surface area contributed by atoms with Crippen LogP contribution in [0.4, 0.5) is 0 Å². The van der Waals surface area contributed by atoms with Crippen LogP contribution < -0.4 is 5.32 Å². The number of benzene rings is 2. The van der Waals surface area contributed by atoms with Crippen LogP contribution in [0.25, 0.3) is 0 Å². The molecule has 0 aliphatic heterocycles. The first-order chi connectivity index (χ1) is 12.8. The molecule has 27 heavy (non-hydrogen) atoms. The Balaban J connectivity index is 1.99. The van der Waals surface area contributed by atoms with Gasteiger partial charge in [0.05, 0.1) is 4.90 Å². The van der Waals surface area contributed by atoms with E-state index in [1.165, 1.54) is 28.6 Å². The maximum atomic E-state index is 12.5. The molecule has 0 saturated carbocycles. The average Bonchev–Trinajstić information content (AvgIpc) is 2.64. The second-order valence-electron chi connectivity index (χ2n) is 5.86. The molecule has 8 heteroatoms. The van der Waals surface area contributed by atoms with E-state index in [1.54, 1.807) is 26.0 Å². The zero-order chi connectivity index (χ0) is 20.0. The number of hydrogen-bond donors (Lipinski definition) is 1. The van der Waals surface area contributed by atoms with E-state index in [1.807, 2.05) is 6.07 Å². The summed E-state index contributed by atoms with van der Waals surface area (Å²) in [4.78, 5) is 12.4. The Morgan fingerprint density at radius 2 is 1.67 bits per heavy atom. The number of nitrogens with zero attached hydrogens (tertiary/aromatic N) is 1. The Bertz CT molecular complexity index is 896. The molecule has 0 radical (unpaired) electrons. The van der Waals surface area contributed by atoms with Gasteiger partial charge in [0.2, 0.25) is 10.0 Å². The van der Waals surface area contributed by atoms with E-state index in [9.17, 15) is 13.2 Å². The molecule has 2 rings (SSSR count). The lowest BCUT2D eigenvalue weighted by Crippen LogP contribution is -2.30. The van der Waals surface area contributed by atoms with E-state index in [0.29, 0.717) is 41.7 Å². The largest absolute Gasteiger partial charge is 0.352 e. The van der Waals surface area contributed by atoms with Crippen molar-refractivity contribution in [2.45, 2.75) is 25.2 Å². The van der Waals surface area contributed by atoms with Crippen molar-refractivity contribution in [2.75, 3.05) is 19.6 Å². The third-order valence-corrected chi connectivity index (χ3v) is 6.81. The summed E-state index contributed by atoms with van der Waals surface area (Å²) in [5.74, 6) is -0.271. The number of amides is 1. The Hall–Kier alpha value is -1.60. The monoisotopic (exact) mass is 428 g/mol. The molecule has 1 amide bonds. The summed E-state index contributed by atoms with van der Waals surface area (Å²) in [5, 5.41) is 3.92. The number of rotatable bonds is 8. The summed E-state index contributed by atoms with van der Waals surface area (Å²) in [6.07, 6.45) is 0.566. The maximum Gasteiger partial charge on any atom is 0.251 e. The second-order valence-corrected chi connectivity index (χ2v) is 8.64. The lowest BCUT2D eigenvalue weighted by molar-refractivity contribution is 0.0954. The first-order valence-corrected chi connectivity index (χ1v) is 10.8. The summed E-state index contributed by atoms with van der Waals surface area (Å²) >= 11 is 12.0. The number of nitrogens with one attached hydrogen (secondary N) is 1. The Morgan fingerprint density at radius 3 is 2.22 bits per heavy atom. The minimum absolute atomic E-state index is 0.177. The van der Waals surface area contributed by atoms with Crippen molar-refractivity contribution in [3.05, 3.63) is 63.6 Å². The summed E-state index contributed by atoms with van der Waals surface area (Å²) in [5.41, 5.74) is 1.29. The number of carbonyl (C=O) groups excluding carboxylic acids is 1. The topological polar surface area (TPSA) is 66.5 Å². The zero-order valence-electron chi connectivity index (χ0n) is 15.2. The van der Waals surface area contributed by atoms with E-state index in [4.69, 9.17) is 23.2 Å². The highest BCUT2D eigenvalue weighted by Gasteiger charge is 2.21. The van der Waals surface area contributed by atoms with Crippen LogP contribution in [0.15, 0.2) is 47.4 Å². The van der Waals surface area contributed by atoms with Crippen LogP contribution >= 0.6 is 23.2 Å². The van der Waals surface area contributed by atoms with Gasteiger partial charge in [-0.3, -0.25) is 4.79 Å². The number of sulfonamides is 1. The van der Waals surface area contributed by atoms with Crippen LogP contribution in [-0.4, -0.2) is 38.3 Å². The molecule has 0 heterocycles. The third kappa shape index (κ3) is 5.45. The van der Waals surface area contributed by atoms with E-state index < -0.39 is 10.0 Å². The summed E-state index contributed by atoms with van der Waals surface area (Å²) < 4.78 is 26.3. The number of carbonyl (C=O) groups is 1. The normalized spacial score (nSPS) is 11.6. The van der Waals surface area contributed by atoms with E-state index in [-0.39, 0.29) is 10.8 Å². The second kappa shape index (κ2) is 9.55. The average molecular weight is 429 g/mol. The molecule has 0 saturated heterocycles. The van der Waals surface area contributed by atoms with Crippen LogP contribution in [0.2, 0.25) is 10.0 Å². The Labute approximate surface area is 170 Å². The molecule has 0 bridgehead atoms. The molecule has 5 nitrogen and oxygen atoms in total. The SMILES string of the molecule is CCN(CC)S(=O)(=O)c1ccc(C(=O)NCCc2ccc(Cl)cc2Cl)cc1. The summed E-state index contributed by atoms with van der Waals surface area (Å²) in [6, 6.07) is 11.2. The van der Waals surface area contributed by atoms with Crippen LogP contribution in [0, 0.1) is 0 Å². The standard InChI is InChI=1S/C19H22Cl2N2O3S/c1-3-23(4-2)27(25,26)17-9-6-15(7-10-17)19(24)22-12-11-14-5-8-16(20)13-18(14)21/h5-10,13H,3-4,11-12H2,1-2H3,(H,22,24). The summed E-state index contributed by atoms with van der Waals surface area (Å²) in [7, 11) is -3.53. The van der Waals surface area contributed by atoms with E-state index >= 15 is 0 Å². The Kier molecular flexibility index (Phi) is 7.68. The van der Waals surface area contributed by atoms with Gasteiger partial charge in [-0.05, 0) is 48.4 Å². The van der Waals surface area contributed by atoms with Gasteiger partial charge in [0.1, 0.15) is 0 Å². The molecular formula is C19H22Cl2N2O3S. The predicted octanol–water partition coefficient (Wildman–Crippen LogP) is 4.00. The lowest BCUT2D eigenvalue weighted by atomic mass is 10.1. The fraction of sp³-hybridized carbons (Fsp3) is 0.316. The van der Waals surface area contributed by atoms with Crippen molar-refractivity contribution in [1.82, 2.24) is 9.62 Å². The molecule has 0 atom stereocenters. The highest BCUT2D eigenvalue weighted by atomic mass is 35.5. The smallest absolute Gasteiger partial charge is 0.251 e. The first kappa shape index (κ1) is 21.7. The molecule has 146 valence electrons. The van der Waals surface area contributed by atoms with Crippen LogP contribution in [0.3, 0.4) is 0 Å². The number of hydrogen-bond acceptors (Lipinski definition) is 3. The van der Waals surface area contributed by atoms with Crippen molar-refractivity contribution >= 4 is 39.1 Å². The van der Waals surface area contributed by atoms with Gasteiger partial charge in [-0.25, -0.2) is 8.42 Å². The lowest BCUT2D eigenvalue weighted by Gasteiger charge is -2.18. The first-order valence-electron chi connectivity index (χ1n) is 8.62. The van der Waals surface area contributed by atoms with Crippen LogP contribution in [-0.2, 0) is 16.4 Å². The van der Waals surface area contributed by atoms with Gasteiger partial charge in [-0.1, -0.05) is 43.1 Å². The molecule has 1 N–H and O–H groups in total. The molecular weight excluding hydrogens is 407 g/mol. The minimum atomic E-state index is -3.53. The van der Waals surface area contributed by atoms with Crippen molar-refractivity contribution in [2.24, 2.45) is 0 Å². The van der Waals surface area contributed by atoms with Gasteiger partial charge >= 0.3 is 0 Å². The highest BCUT2D eigenvalue weighted by molar-refractivity contribution is 7.89. The predicted molar refractivity (Wildman–Crippen MR) is 109 cm³/mol.